The molecule has 1 aliphatic carbocycles. The first-order valence-electron chi connectivity index (χ1n) is 7.84. The van der Waals surface area contributed by atoms with Crippen molar-refractivity contribution in [2.24, 2.45) is 5.41 Å². The van der Waals surface area contributed by atoms with E-state index in [1.807, 2.05) is 14.0 Å². The molecule has 0 unspecified atom stereocenters. The Labute approximate surface area is 140 Å². The molecule has 0 aliphatic heterocycles. The van der Waals surface area contributed by atoms with Crippen LogP contribution < -0.4 is 0 Å². The average molecular weight is 372 g/mol. The summed E-state index contributed by atoms with van der Waals surface area (Å²) < 4.78 is 6.52. The lowest BCUT2D eigenvalue weighted by molar-refractivity contribution is -0.136. The van der Waals surface area contributed by atoms with Gasteiger partial charge in [-0.3, -0.25) is 9.89 Å². The number of ether oxygens (including phenoxy) is 1. The van der Waals surface area contributed by atoms with Gasteiger partial charge in [0, 0.05) is 25.1 Å². The third-order valence-electron chi connectivity index (χ3n) is 4.79. The fourth-order valence-corrected chi connectivity index (χ4v) is 3.99. The number of hydrogen-bond donors (Lipinski definition) is 1. The maximum atomic E-state index is 12.8. The van der Waals surface area contributed by atoms with Crippen molar-refractivity contribution in [2.45, 2.75) is 59.1 Å². The highest BCUT2D eigenvalue weighted by Gasteiger charge is 2.52. The molecule has 1 aromatic rings. The highest BCUT2D eigenvalue weighted by atomic mass is 79.9. The first-order valence-corrected chi connectivity index (χ1v) is 8.63. The summed E-state index contributed by atoms with van der Waals surface area (Å²) in [6.07, 6.45) is 1.09. The van der Waals surface area contributed by atoms with Crippen LogP contribution in [0.3, 0.4) is 0 Å². The second kappa shape index (κ2) is 6.32. The number of amides is 1. The van der Waals surface area contributed by atoms with Gasteiger partial charge in [-0.25, -0.2) is 0 Å². The van der Waals surface area contributed by atoms with E-state index in [4.69, 9.17) is 4.74 Å². The van der Waals surface area contributed by atoms with E-state index in [1.54, 1.807) is 4.90 Å². The Bertz CT molecular complexity index is 554. The van der Waals surface area contributed by atoms with Gasteiger partial charge in [0.15, 0.2) is 5.69 Å². The van der Waals surface area contributed by atoms with Crippen LogP contribution in [0.25, 0.3) is 0 Å². The molecule has 6 heteroatoms. The number of nitrogens with one attached hydrogen (secondary N) is 1. The summed E-state index contributed by atoms with van der Waals surface area (Å²) in [5, 5.41) is 7.17. The number of H-pyrrole nitrogens is 1. The average Bonchev–Trinajstić information content (AvgIpc) is 2.83. The molecule has 1 N–H and O–H groups in total. The van der Waals surface area contributed by atoms with E-state index in [0.717, 1.165) is 16.6 Å². The predicted octanol–water partition coefficient (Wildman–Crippen LogP) is 3.57. The van der Waals surface area contributed by atoms with E-state index >= 15 is 0 Å². The fourth-order valence-electron chi connectivity index (χ4n) is 3.18. The van der Waals surface area contributed by atoms with Gasteiger partial charge in [-0.05, 0) is 35.2 Å². The summed E-state index contributed by atoms with van der Waals surface area (Å²) in [6, 6.07) is 0.169. The van der Waals surface area contributed by atoms with Gasteiger partial charge in [-0.2, -0.15) is 5.10 Å². The number of halogens is 1. The van der Waals surface area contributed by atoms with Crippen LogP contribution in [0.2, 0.25) is 0 Å². The van der Waals surface area contributed by atoms with Crippen molar-refractivity contribution >= 4 is 21.8 Å². The van der Waals surface area contributed by atoms with Gasteiger partial charge in [0.2, 0.25) is 0 Å². The molecule has 0 radical (unpaired) electrons. The van der Waals surface area contributed by atoms with Crippen LogP contribution in [-0.2, 0) is 4.74 Å². The number of carbonyl (C=O) groups excluding carboxylic acids is 1. The standard InChI is InChI=1S/C16H26BrN3O2/c1-7-22-11-8-10(16(11,4)5)20(6)15(21)14-12(17)13(9(2)3)18-19-14/h9-11H,7-8H2,1-6H3,(H,18,19)/t10-,11+/m1/s1. The third-order valence-corrected chi connectivity index (χ3v) is 5.60. The first kappa shape index (κ1) is 17.5. The molecule has 0 bridgehead atoms. The molecular formula is C16H26BrN3O2. The van der Waals surface area contributed by atoms with Crippen molar-refractivity contribution in [1.29, 1.82) is 0 Å². The van der Waals surface area contributed by atoms with Crippen molar-refractivity contribution in [2.75, 3.05) is 13.7 Å². The molecule has 124 valence electrons. The lowest BCUT2D eigenvalue weighted by Crippen LogP contribution is -2.62. The highest BCUT2D eigenvalue weighted by Crippen LogP contribution is 2.45. The monoisotopic (exact) mass is 371 g/mol. The Hall–Kier alpha value is -0.880. The molecule has 1 heterocycles. The Kier molecular flexibility index (Phi) is 5.02. The number of aromatic nitrogens is 2. The minimum atomic E-state index is -0.0527. The molecule has 1 aromatic heterocycles. The zero-order valence-corrected chi connectivity index (χ0v) is 15.8. The van der Waals surface area contributed by atoms with E-state index in [1.165, 1.54) is 0 Å². The van der Waals surface area contributed by atoms with Gasteiger partial charge >= 0.3 is 0 Å². The van der Waals surface area contributed by atoms with E-state index < -0.39 is 0 Å². The molecule has 1 amide bonds. The Morgan fingerprint density at radius 1 is 1.55 bits per heavy atom. The van der Waals surface area contributed by atoms with Crippen LogP contribution in [0, 0.1) is 5.41 Å². The molecule has 22 heavy (non-hydrogen) atoms. The fraction of sp³-hybridized carbons (Fsp3) is 0.750. The summed E-state index contributed by atoms with van der Waals surface area (Å²) in [7, 11) is 1.85. The summed E-state index contributed by atoms with van der Waals surface area (Å²) in [5.41, 5.74) is 1.38. The number of aromatic amines is 1. The molecule has 5 nitrogen and oxygen atoms in total. The molecule has 2 atom stereocenters. The summed E-state index contributed by atoms with van der Waals surface area (Å²) in [4.78, 5) is 14.6. The van der Waals surface area contributed by atoms with Gasteiger partial charge in [0.25, 0.3) is 5.91 Å². The second-order valence-electron chi connectivity index (χ2n) is 6.89. The number of carbonyl (C=O) groups is 1. The van der Waals surface area contributed by atoms with Gasteiger partial charge < -0.3 is 9.64 Å². The molecule has 1 aliphatic rings. The summed E-state index contributed by atoms with van der Waals surface area (Å²) in [6.45, 7) is 11.2. The van der Waals surface area contributed by atoms with Gasteiger partial charge in [-0.1, -0.05) is 27.7 Å². The van der Waals surface area contributed by atoms with Gasteiger partial charge in [0.05, 0.1) is 16.3 Å². The highest BCUT2D eigenvalue weighted by molar-refractivity contribution is 9.10. The topological polar surface area (TPSA) is 58.2 Å². The quantitative estimate of drug-likeness (QED) is 0.860. The maximum Gasteiger partial charge on any atom is 0.275 e. The largest absolute Gasteiger partial charge is 0.378 e. The number of rotatable bonds is 5. The Balaban J connectivity index is 2.14. The summed E-state index contributed by atoms with van der Waals surface area (Å²) >= 11 is 3.51. The Morgan fingerprint density at radius 2 is 2.18 bits per heavy atom. The molecule has 0 aromatic carbocycles. The number of hydrogen-bond acceptors (Lipinski definition) is 3. The van der Waals surface area contributed by atoms with E-state index in [-0.39, 0.29) is 29.4 Å². The van der Waals surface area contributed by atoms with Crippen LogP contribution in [0.15, 0.2) is 4.47 Å². The predicted molar refractivity (Wildman–Crippen MR) is 90.1 cm³/mol. The van der Waals surface area contributed by atoms with E-state index in [0.29, 0.717) is 12.3 Å². The zero-order valence-electron chi connectivity index (χ0n) is 14.2. The van der Waals surface area contributed by atoms with Crippen LogP contribution in [0.1, 0.15) is 63.1 Å². The van der Waals surface area contributed by atoms with Crippen LogP contribution in [0.5, 0.6) is 0 Å². The molecule has 0 saturated heterocycles. The zero-order chi connectivity index (χ0) is 16.7. The number of nitrogens with zero attached hydrogens (tertiary/aromatic N) is 2. The molecular weight excluding hydrogens is 346 g/mol. The van der Waals surface area contributed by atoms with Crippen molar-refractivity contribution < 1.29 is 9.53 Å². The molecule has 2 rings (SSSR count). The van der Waals surface area contributed by atoms with E-state index in [2.05, 4.69) is 53.8 Å². The van der Waals surface area contributed by atoms with Crippen LogP contribution >= 0.6 is 15.9 Å². The molecule has 1 saturated carbocycles. The smallest absolute Gasteiger partial charge is 0.275 e. The van der Waals surface area contributed by atoms with Crippen molar-refractivity contribution in [3.63, 3.8) is 0 Å². The van der Waals surface area contributed by atoms with Crippen LogP contribution in [-0.4, -0.2) is 46.8 Å². The van der Waals surface area contributed by atoms with Crippen molar-refractivity contribution in [1.82, 2.24) is 15.1 Å². The lowest BCUT2D eigenvalue weighted by Gasteiger charge is -2.54. The van der Waals surface area contributed by atoms with E-state index in [9.17, 15) is 4.79 Å². The van der Waals surface area contributed by atoms with Gasteiger partial charge in [-0.15, -0.1) is 0 Å². The molecule has 0 spiro atoms. The minimum Gasteiger partial charge on any atom is -0.378 e. The lowest BCUT2D eigenvalue weighted by atomic mass is 9.63. The minimum absolute atomic E-state index is 0.0376. The second-order valence-corrected chi connectivity index (χ2v) is 7.68. The van der Waals surface area contributed by atoms with Gasteiger partial charge in [0.1, 0.15) is 0 Å². The first-order chi connectivity index (χ1) is 10.2. The normalized spacial score (nSPS) is 23.5. The third kappa shape index (κ3) is 2.83. The SMILES string of the molecule is CCO[C@H]1C[C@@H](N(C)C(=O)c2n[nH]c(C(C)C)c2Br)C1(C)C. The molecule has 1 fully saturated rings. The maximum absolute atomic E-state index is 12.8. The Morgan fingerprint density at radius 3 is 2.64 bits per heavy atom. The van der Waals surface area contributed by atoms with Crippen LogP contribution in [0.4, 0.5) is 0 Å². The van der Waals surface area contributed by atoms with Crippen molar-refractivity contribution in [3.8, 4) is 0 Å². The van der Waals surface area contributed by atoms with Crippen molar-refractivity contribution in [3.05, 3.63) is 15.9 Å². The summed E-state index contributed by atoms with van der Waals surface area (Å²) in [5.74, 6) is 0.235.